The first-order valence-corrected chi connectivity index (χ1v) is 9.19. The lowest BCUT2D eigenvalue weighted by Gasteiger charge is -2.20. The minimum absolute atomic E-state index is 0.0469. The van der Waals surface area contributed by atoms with Crippen LogP contribution in [0.1, 0.15) is 29.9 Å². The summed E-state index contributed by atoms with van der Waals surface area (Å²) in [6, 6.07) is 7.90. The number of benzene rings is 1. The first-order chi connectivity index (χ1) is 13.0. The van der Waals surface area contributed by atoms with Gasteiger partial charge in [0.15, 0.2) is 5.69 Å². The van der Waals surface area contributed by atoms with Crippen LogP contribution in [0.15, 0.2) is 30.5 Å². The molecule has 2 heterocycles. The van der Waals surface area contributed by atoms with E-state index >= 15 is 0 Å². The lowest BCUT2D eigenvalue weighted by molar-refractivity contribution is -0.131. The highest BCUT2D eigenvalue weighted by Crippen LogP contribution is 2.28. The molecule has 0 N–H and O–H groups in total. The predicted molar refractivity (Wildman–Crippen MR) is 99.5 cm³/mol. The Morgan fingerprint density at radius 1 is 1.26 bits per heavy atom. The molecule has 27 heavy (non-hydrogen) atoms. The second-order valence-corrected chi connectivity index (χ2v) is 6.60. The van der Waals surface area contributed by atoms with Gasteiger partial charge in [-0.05, 0) is 25.5 Å². The summed E-state index contributed by atoms with van der Waals surface area (Å²) in [5.74, 6) is 0.592. The molecular formula is C19H25N5O3. The summed E-state index contributed by atoms with van der Waals surface area (Å²) < 4.78 is 7.29. The molecule has 0 unspecified atom stereocenters. The van der Waals surface area contributed by atoms with Crippen molar-refractivity contribution >= 4 is 11.8 Å². The number of hydrogen-bond acceptors (Lipinski definition) is 5. The van der Waals surface area contributed by atoms with E-state index in [1.54, 1.807) is 16.8 Å². The minimum atomic E-state index is -0.240. The Labute approximate surface area is 158 Å². The zero-order valence-electron chi connectivity index (χ0n) is 16.0. The smallest absolute Gasteiger partial charge is 0.275 e. The van der Waals surface area contributed by atoms with E-state index in [0.29, 0.717) is 19.6 Å². The number of carbonyl (C=O) groups is 2. The van der Waals surface area contributed by atoms with Crippen molar-refractivity contribution in [2.24, 2.45) is 0 Å². The van der Waals surface area contributed by atoms with Crippen molar-refractivity contribution in [3.05, 3.63) is 41.7 Å². The van der Waals surface area contributed by atoms with Crippen LogP contribution in [0.4, 0.5) is 0 Å². The zero-order chi connectivity index (χ0) is 19.4. The Morgan fingerprint density at radius 2 is 2.00 bits per heavy atom. The van der Waals surface area contributed by atoms with Gasteiger partial charge in [0.2, 0.25) is 5.91 Å². The number of likely N-dealkylation sites (N-methyl/N-ethyl adjacent to an activating group) is 2. The maximum absolute atomic E-state index is 12.6. The summed E-state index contributed by atoms with van der Waals surface area (Å²) in [5.41, 5.74) is 1.38. The molecule has 1 aliphatic heterocycles. The minimum Gasteiger partial charge on any atom is -0.488 e. The fraction of sp³-hybridized carbons (Fsp3) is 0.474. The summed E-state index contributed by atoms with van der Waals surface area (Å²) in [4.78, 5) is 28.1. The van der Waals surface area contributed by atoms with E-state index in [9.17, 15) is 9.59 Å². The molecule has 8 nitrogen and oxygen atoms in total. The van der Waals surface area contributed by atoms with E-state index in [1.807, 2.05) is 38.1 Å². The van der Waals surface area contributed by atoms with Gasteiger partial charge in [0, 0.05) is 26.6 Å². The van der Waals surface area contributed by atoms with Gasteiger partial charge in [0.25, 0.3) is 5.91 Å². The van der Waals surface area contributed by atoms with Crippen molar-refractivity contribution in [2.45, 2.75) is 32.9 Å². The van der Waals surface area contributed by atoms with Gasteiger partial charge in [0.1, 0.15) is 18.4 Å². The molecule has 1 atom stereocenters. The average Bonchev–Trinajstić information content (AvgIpc) is 3.28. The van der Waals surface area contributed by atoms with E-state index in [1.165, 1.54) is 10.9 Å². The molecule has 0 bridgehead atoms. The number of amides is 2. The van der Waals surface area contributed by atoms with Crippen molar-refractivity contribution in [2.75, 3.05) is 26.7 Å². The first-order valence-electron chi connectivity index (χ1n) is 9.19. The highest BCUT2D eigenvalue weighted by atomic mass is 16.5. The fourth-order valence-electron chi connectivity index (χ4n) is 3.23. The number of ether oxygens (including phenoxy) is 1. The third-order valence-corrected chi connectivity index (χ3v) is 4.71. The quantitative estimate of drug-likeness (QED) is 0.731. The van der Waals surface area contributed by atoms with Crippen LogP contribution in [0.25, 0.3) is 0 Å². The fourth-order valence-corrected chi connectivity index (χ4v) is 3.23. The Hall–Kier alpha value is -2.90. The number of nitrogens with zero attached hydrogens (tertiary/aromatic N) is 5. The van der Waals surface area contributed by atoms with E-state index in [-0.39, 0.29) is 30.2 Å². The summed E-state index contributed by atoms with van der Waals surface area (Å²) in [5, 5.41) is 7.84. The van der Waals surface area contributed by atoms with Crippen LogP contribution in [0, 0.1) is 0 Å². The molecule has 2 aromatic rings. The van der Waals surface area contributed by atoms with Crippen molar-refractivity contribution < 1.29 is 14.3 Å². The van der Waals surface area contributed by atoms with Gasteiger partial charge in [-0.2, -0.15) is 0 Å². The highest BCUT2D eigenvalue weighted by Gasteiger charge is 2.26. The number of rotatable bonds is 7. The molecule has 0 fully saturated rings. The summed E-state index contributed by atoms with van der Waals surface area (Å²) >= 11 is 0. The van der Waals surface area contributed by atoms with E-state index in [2.05, 4.69) is 10.3 Å². The molecule has 8 heteroatoms. The van der Waals surface area contributed by atoms with Crippen LogP contribution in [0.2, 0.25) is 0 Å². The van der Waals surface area contributed by atoms with Gasteiger partial charge in [-0.15, -0.1) is 5.10 Å². The normalized spacial score (nSPS) is 15.1. The van der Waals surface area contributed by atoms with Crippen molar-refractivity contribution in [3.8, 4) is 5.75 Å². The van der Waals surface area contributed by atoms with Gasteiger partial charge in [-0.25, -0.2) is 4.68 Å². The maximum atomic E-state index is 12.6. The van der Waals surface area contributed by atoms with Crippen LogP contribution in [-0.4, -0.2) is 69.4 Å². The van der Waals surface area contributed by atoms with E-state index < -0.39 is 0 Å². The van der Waals surface area contributed by atoms with Crippen LogP contribution in [0.5, 0.6) is 5.75 Å². The Morgan fingerprint density at radius 3 is 2.70 bits per heavy atom. The van der Waals surface area contributed by atoms with Crippen LogP contribution in [-0.2, 0) is 17.8 Å². The number of aromatic nitrogens is 3. The van der Waals surface area contributed by atoms with Gasteiger partial charge < -0.3 is 14.5 Å². The van der Waals surface area contributed by atoms with Crippen molar-refractivity contribution in [1.82, 2.24) is 24.8 Å². The lowest BCUT2D eigenvalue weighted by Crippen LogP contribution is -2.36. The van der Waals surface area contributed by atoms with Crippen molar-refractivity contribution in [3.63, 3.8) is 0 Å². The molecule has 1 aromatic carbocycles. The molecule has 1 aliphatic rings. The Kier molecular flexibility index (Phi) is 5.73. The molecular weight excluding hydrogens is 346 g/mol. The largest absolute Gasteiger partial charge is 0.488 e. The second-order valence-electron chi connectivity index (χ2n) is 6.60. The van der Waals surface area contributed by atoms with Gasteiger partial charge in [-0.3, -0.25) is 9.59 Å². The van der Waals surface area contributed by atoms with E-state index in [0.717, 1.165) is 17.7 Å². The molecule has 0 radical (unpaired) electrons. The van der Waals surface area contributed by atoms with Gasteiger partial charge >= 0.3 is 0 Å². The number of hydrogen-bond donors (Lipinski definition) is 0. The highest BCUT2D eigenvalue weighted by molar-refractivity contribution is 5.91. The first kappa shape index (κ1) is 18.9. The monoisotopic (exact) mass is 371 g/mol. The summed E-state index contributed by atoms with van der Waals surface area (Å²) in [6.45, 7) is 5.67. The van der Waals surface area contributed by atoms with E-state index in [4.69, 9.17) is 4.74 Å². The second kappa shape index (κ2) is 8.20. The van der Waals surface area contributed by atoms with Crippen LogP contribution >= 0.6 is 0 Å². The number of fused-ring (bicyclic) bond motifs is 1. The van der Waals surface area contributed by atoms with Crippen molar-refractivity contribution in [1.29, 1.82) is 0 Å². The number of para-hydroxylation sites is 1. The predicted octanol–water partition coefficient (Wildman–Crippen LogP) is 1.22. The van der Waals surface area contributed by atoms with Gasteiger partial charge in [-0.1, -0.05) is 23.4 Å². The lowest BCUT2D eigenvalue weighted by atomic mass is 10.1. The SMILES string of the molecule is CCN(CC)C(=O)Cn1cc(C(=O)N(C)C[C@H]2Cc3ccccc3O2)nn1. The molecule has 0 saturated carbocycles. The molecule has 144 valence electrons. The van der Waals surface area contributed by atoms with Crippen LogP contribution < -0.4 is 4.74 Å². The summed E-state index contributed by atoms with van der Waals surface area (Å²) in [6.07, 6.45) is 2.22. The molecule has 1 aromatic heterocycles. The standard InChI is InChI=1S/C19H25N5O3/c1-4-23(5-2)18(25)13-24-12-16(20-21-24)19(26)22(3)11-15-10-14-8-6-7-9-17(14)27-15/h6-9,12,15H,4-5,10-11,13H2,1-3H3/t15-/m1/s1. The third-order valence-electron chi connectivity index (χ3n) is 4.71. The molecule has 0 saturated heterocycles. The zero-order valence-corrected chi connectivity index (χ0v) is 16.0. The molecule has 3 rings (SSSR count). The summed E-state index contributed by atoms with van der Waals surface area (Å²) in [7, 11) is 1.72. The maximum Gasteiger partial charge on any atom is 0.275 e. The average molecular weight is 371 g/mol. The molecule has 2 amide bonds. The number of carbonyl (C=O) groups excluding carboxylic acids is 2. The third kappa shape index (κ3) is 4.27. The Balaban J connectivity index is 1.57. The molecule has 0 aliphatic carbocycles. The topological polar surface area (TPSA) is 80.6 Å². The van der Waals surface area contributed by atoms with Crippen LogP contribution in [0.3, 0.4) is 0 Å². The van der Waals surface area contributed by atoms with Gasteiger partial charge in [0.05, 0.1) is 12.7 Å². The molecule has 0 spiro atoms. The Bertz CT molecular complexity index is 790.